The van der Waals surface area contributed by atoms with Gasteiger partial charge in [0.1, 0.15) is 0 Å². The Kier molecular flexibility index (Phi) is 5.27. The first-order valence-electron chi connectivity index (χ1n) is 7.70. The number of aromatic amines is 2. The van der Waals surface area contributed by atoms with Crippen LogP contribution >= 0.6 is 0 Å². The molecule has 0 aliphatic carbocycles. The van der Waals surface area contributed by atoms with Crippen LogP contribution in [0.25, 0.3) is 0 Å². The van der Waals surface area contributed by atoms with E-state index >= 15 is 0 Å². The maximum atomic E-state index is 12.6. The molecule has 2 heterocycles. The predicted molar refractivity (Wildman–Crippen MR) is 89.7 cm³/mol. The van der Waals surface area contributed by atoms with Gasteiger partial charge in [0.25, 0.3) is 15.6 Å². The van der Waals surface area contributed by atoms with Gasteiger partial charge in [-0.3, -0.25) is 19.2 Å². The van der Waals surface area contributed by atoms with Crippen LogP contribution in [0.1, 0.15) is 38.1 Å². The molecular weight excluding hydrogens is 334 g/mol. The molecule has 0 aromatic carbocycles. The largest absolute Gasteiger partial charge is 0.325 e. The molecule has 0 unspecified atom stereocenters. The van der Waals surface area contributed by atoms with E-state index in [-0.39, 0.29) is 5.69 Å². The first-order valence-corrected chi connectivity index (χ1v) is 9.19. The van der Waals surface area contributed by atoms with Gasteiger partial charge in [-0.2, -0.15) is 5.10 Å². The lowest BCUT2D eigenvalue weighted by Gasteiger charge is -2.10. The first kappa shape index (κ1) is 18.0. The lowest BCUT2D eigenvalue weighted by Crippen LogP contribution is -2.31. The lowest BCUT2D eigenvalue weighted by atomic mass is 10.3. The highest BCUT2D eigenvalue weighted by Gasteiger charge is 2.24. The van der Waals surface area contributed by atoms with Crippen molar-refractivity contribution in [3.05, 3.63) is 38.4 Å². The Labute approximate surface area is 139 Å². The Bertz CT molecular complexity index is 939. The van der Waals surface area contributed by atoms with Gasteiger partial charge >= 0.3 is 5.69 Å². The van der Waals surface area contributed by atoms with E-state index in [2.05, 4.69) is 21.7 Å². The number of hydrogen-bond donors (Lipinski definition) is 3. The van der Waals surface area contributed by atoms with Crippen LogP contribution < -0.4 is 16.0 Å². The van der Waals surface area contributed by atoms with Crippen LogP contribution in [-0.4, -0.2) is 28.2 Å². The molecule has 9 nitrogen and oxygen atoms in total. The van der Waals surface area contributed by atoms with Crippen molar-refractivity contribution < 1.29 is 8.42 Å². The van der Waals surface area contributed by atoms with Crippen molar-refractivity contribution in [1.82, 2.24) is 19.7 Å². The first-order chi connectivity index (χ1) is 11.3. The van der Waals surface area contributed by atoms with Gasteiger partial charge in [0.05, 0.1) is 17.6 Å². The molecule has 2 aromatic heterocycles. The molecule has 0 radical (unpaired) electrons. The van der Waals surface area contributed by atoms with E-state index in [0.29, 0.717) is 18.7 Å². The average Bonchev–Trinajstić information content (AvgIpc) is 2.84. The second kappa shape index (κ2) is 7.04. The summed E-state index contributed by atoms with van der Waals surface area (Å²) < 4.78 is 29.3. The van der Waals surface area contributed by atoms with E-state index in [0.717, 1.165) is 18.5 Å². The summed E-state index contributed by atoms with van der Waals surface area (Å²) in [5, 5.41) is 4.21. The standard InChI is InChI=1S/C14H21N5O4S/c1-4-6-7-19-11(5-2)10(8-15-19)18-24(22,23)12-9(3)16-14(21)17-13(12)20/h8,18H,4-7H2,1-3H3,(H2,16,17,20,21). The number of nitrogens with zero attached hydrogens (tertiary/aromatic N) is 2. The number of anilines is 1. The van der Waals surface area contributed by atoms with E-state index < -0.39 is 26.2 Å². The van der Waals surface area contributed by atoms with E-state index in [1.807, 2.05) is 11.9 Å². The zero-order valence-corrected chi connectivity index (χ0v) is 14.7. The molecule has 3 N–H and O–H groups in total. The number of sulfonamides is 1. The fourth-order valence-electron chi connectivity index (χ4n) is 2.48. The second-order valence-corrected chi connectivity index (χ2v) is 7.02. The Morgan fingerprint density at radius 3 is 2.54 bits per heavy atom. The molecule has 24 heavy (non-hydrogen) atoms. The summed E-state index contributed by atoms with van der Waals surface area (Å²) in [6, 6.07) is 0. The van der Waals surface area contributed by atoms with Crippen LogP contribution in [0.2, 0.25) is 0 Å². The Hall–Kier alpha value is -2.36. The third-order valence-corrected chi connectivity index (χ3v) is 5.11. The maximum absolute atomic E-state index is 12.6. The zero-order valence-electron chi connectivity index (χ0n) is 13.8. The molecule has 0 amide bonds. The van der Waals surface area contributed by atoms with Gasteiger partial charge in [-0.25, -0.2) is 13.2 Å². The number of aromatic nitrogens is 4. The molecule has 0 saturated heterocycles. The van der Waals surface area contributed by atoms with Gasteiger partial charge in [0.15, 0.2) is 4.90 Å². The monoisotopic (exact) mass is 355 g/mol. The van der Waals surface area contributed by atoms with Crippen molar-refractivity contribution in [3.63, 3.8) is 0 Å². The van der Waals surface area contributed by atoms with Gasteiger partial charge in [-0.1, -0.05) is 20.3 Å². The lowest BCUT2D eigenvalue weighted by molar-refractivity contribution is 0.551. The van der Waals surface area contributed by atoms with Crippen LogP contribution in [0.5, 0.6) is 0 Å². The molecule has 2 rings (SSSR count). The van der Waals surface area contributed by atoms with Crippen molar-refractivity contribution in [2.24, 2.45) is 0 Å². The van der Waals surface area contributed by atoms with Gasteiger partial charge in [0, 0.05) is 12.2 Å². The number of aryl methyl sites for hydroxylation is 2. The highest BCUT2D eigenvalue weighted by atomic mass is 32.2. The summed E-state index contributed by atoms with van der Waals surface area (Å²) in [5.74, 6) is 0. The molecule has 0 saturated carbocycles. The molecule has 0 aliphatic rings. The van der Waals surface area contributed by atoms with Crippen LogP contribution in [0.4, 0.5) is 5.69 Å². The second-order valence-electron chi connectivity index (χ2n) is 5.40. The number of unbranched alkanes of at least 4 members (excludes halogenated alkanes) is 1. The molecule has 0 aliphatic heterocycles. The minimum Gasteiger partial charge on any atom is -0.310 e. The van der Waals surface area contributed by atoms with Gasteiger partial charge in [0.2, 0.25) is 0 Å². The van der Waals surface area contributed by atoms with Gasteiger partial charge in [-0.15, -0.1) is 0 Å². The third kappa shape index (κ3) is 3.58. The van der Waals surface area contributed by atoms with E-state index in [9.17, 15) is 18.0 Å². The van der Waals surface area contributed by atoms with Crippen LogP contribution in [0, 0.1) is 6.92 Å². The fourth-order valence-corrected chi connectivity index (χ4v) is 3.79. The number of H-pyrrole nitrogens is 2. The van der Waals surface area contributed by atoms with E-state index in [1.165, 1.54) is 13.1 Å². The van der Waals surface area contributed by atoms with Crippen molar-refractivity contribution in [3.8, 4) is 0 Å². The summed E-state index contributed by atoms with van der Waals surface area (Å²) in [6.07, 6.45) is 3.94. The number of rotatable bonds is 7. The third-order valence-electron chi connectivity index (χ3n) is 3.60. The molecule has 0 bridgehead atoms. The zero-order chi connectivity index (χ0) is 17.9. The Morgan fingerprint density at radius 1 is 1.25 bits per heavy atom. The predicted octanol–water partition coefficient (Wildman–Crippen LogP) is 0.731. The number of hydrogen-bond acceptors (Lipinski definition) is 5. The van der Waals surface area contributed by atoms with Crippen LogP contribution in [-0.2, 0) is 23.0 Å². The minimum atomic E-state index is -4.15. The Balaban J connectivity index is 2.42. The Morgan fingerprint density at radius 2 is 1.96 bits per heavy atom. The molecule has 2 aromatic rings. The van der Waals surface area contributed by atoms with Crippen LogP contribution in [0.3, 0.4) is 0 Å². The molecule has 0 atom stereocenters. The summed E-state index contributed by atoms with van der Waals surface area (Å²) in [7, 11) is -4.15. The normalized spacial score (nSPS) is 11.6. The maximum Gasteiger partial charge on any atom is 0.325 e. The molecule has 0 fully saturated rings. The van der Waals surface area contributed by atoms with E-state index in [4.69, 9.17) is 0 Å². The van der Waals surface area contributed by atoms with Gasteiger partial charge < -0.3 is 4.98 Å². The minimum absolute atomic E-state index is 0.0207. The van der Waals surface area contributed by atoms with Crippen molar-refractivity contribution in [1.29, 1.82) is 0 Å². The highest BCUT2D eigenvalue weighted by Crippen LogP contribution is 2.20. The van der Waals surface area contributed by atoms with Crippen molar-refractivity contribution in [2.45, 2.75) is 51.5 Å². The molecule has 0 spiro atoms. The highest BCUT2D eigenvalue weighted by molar-refractivity contribution is 7.92. The topological polar surface area (TPSA) is 130 Å². The van der Waals surface area contributed by atoms with Crippen molar-refractivity contribution >= 4 is 15.7 Å². The summed E-state index contributed by atoms with van der Waals surface area (Å²) in [6.45, 7) is 6.01. The fraction of sp³-hybridized carbons (Fsp3) is 0.500. The molecular formula is C14H21N5O4S. The molecule has 132 valence electrons. The SMILES string of the molecule is CCCCn1ncc(NS(=O)(=O)c2c(C)[nH]c(=O)[nH]c2=O)c1CC. The average molecular weight is 355 g/mol. The van der Waals surface area contributed by atoms with Gasteiger partial charge in [-0.05, 0) is 19.8 Å². The smallest absolute Gasteiger partial charge is 0.310 e. The summed E-state index contributed by atoms with van der Waals surface area (Å²) in [5.41, 5.74) is -0.657. The quantitative estimate of drug-likeness (QED) is 0.674. The summed E-state index contributed by atoms with van der Waals surface area (Å²) >= 11 is 0. The molecule has 10 heteroatoms. The summed E-state index contributed by atoms with van der Waals surface area (Å²) in [4.78, 5) is 26.8. The van der Waals surface area contributed by atoms with E-state index in [1.54, 1.807) is 4.68 Å². The van der Waals surface area contributed by atoms with Crippen LogP contribution in [0.15, 0.2) is 20.7 Å². The van der Waals surface area contributed by atoms with Crippen molar-refractivity contribution in [2.75, 3.05) is 4.72 Å². The number of nitrogens with one attached hydrogen (secondary N) is 3.